The maximum Gasteiger partial charge on any atom is 0.264 e. The molecule has 3 aliphatic rings. The van der Waals surface area contributed by atoms with Crippen LogP contribution in [0.4, 0.5) is 11.4 Å². The first-order valence-corrected chi connectivity index (χ1v) is 26.8. The lowest BCUT2D eigenvalue weighted by Crippen LogP contribution is -2.54. The van der Waals surface area contributed by atoms with E-state index < -0.39 is 35.6 Å². The van der Waals surface area contributed by atoms with Gasteiger partial charge < -0.3 is 34.3 Å². The number of benzene rings is 3. The van der Waals surface area contributed by atoms with E-state index in [-0.39, 0.29) is 49.3 Å². The maximum absolute atomic E-state index is 13.3. The van der Waals surface area contributed by atoms with Gasteiger partial charge in [-0.05, 0) is 110 Å². The number of nitrogens with zero attached hydrogens (tertiary/aromatic N) is 4. The van der Waals surface area contributed by atoms with Crippen LogP contribution in [0.2, 0.25) is 0 Å². The van der Waals surface area contributed by atoms with Crippen LogP contribution in [0, 0.1) is 6.92 Å². The Morgan fingerprint density at radius 1 is 0.705 bits per heavy atom. The number of fused-ring (bicyclic) bond motifs is 2. The average Bonchev–Trinajstić information content (AvgIpc) is 3.92. The van der Waals surface area contributed by atoms with Gasteiger partial charge in [0.15, 0.2) is 0 Å². The first-order valence-electron chi connectivity index (χ1n) is 26.8. The lowest BCUT2D eigenvalue weighted by Gasteiger charge is -2.27. The molecule has 0 bridgehead atoms. The highest BCUT2D eigenvalue weighted by molar-refractivity contribution is 6.26. The molecule has 5 heterocycles. The van der Waals surface area contributed by atoms with Crippen LogP contribution in [0.5, 0.6) is 5.75 Å². The van der Waals surface area contributed by atoms with Crippen LogP contribution in [0.1, 0.15) is 94.0 Å². The summed E-state index contributed by atoms with van der Waals surface area (Å²) in [5, 5.41) is 8.30. The number of hydrogen-bond acceptors (Lipinski definition) is 14. The molecule has 17 heteroatoms. The predicted octanol–water partition coefficient (Wildman–Crippen LogP) is 8.93. The molecule has 6 aromatic rings. The van der Waals surface area contributed by atoms with Crippen molar-refractivity contribution in [1.82, 2.24) is 25.2 Å². The van der Waals surface area contributed by atoms with Gasteiger partial charge in [0, 0.05) is 77.3 Å². The summed E-state index contributed by atoms with van der Waals surface area (Å²) in [7, 11) is 0. The molecule has 5 amide bonds. The van der Waals surface area contributed by atoms with Gasteiger partial charge in [-0.1, -0.05) is 49.4 Å². The number of aromatic nitrogens is 3. The first-order chi connectivity index (χ1) is 38.1. The van der Waals surface area contributed by atoms with E-state index in [0.717, 1.165) is 80.4 Å². The van der Waals surface area contributed by atoms with Crippen LogP contribution in [0.3, 0.4) is 0 Å². The number of amides is 5. The second kappa shape index (κ2) is 26.9. The molecule has 2 aliphatic heterocycles. The predicted molar refractivity (Wildman–Crippen MR) is 297 cm³/mol. The van der Waals surface area contributed by atoms with Crippen molar-refractivity contribution in [2.45, 2.75) is 71.3 Å². The number of anilines is 2. The molecule has 0 saturated carbocycles. The minimum absolute atomic E-state index is 0.00430. The number of pyridine rings is 3. The van der Waals surface area contributed by atoms with Gasteiger partial charge in [-0.2, -0.15) is 0 Å². The molecule has 78 heavy (non-hydrogen) atoms. The van der Waals surface area contributed by atoms with Crippen molar-refractivity contribution in [3.63, 3.8) is 0 Å². The molecule has 1 fully saturated rings. The number of ether oxygens (including phenoxy) is 5. The van der Waals surface area contributed by atoms with E-state index in [0.29, 0.717) is 52.8 Å². The third-order valence-corrected chi connectivity index (χ3v) is 13.7. The minimum atomic E-state index is -1.10. The van der Waals surface area contributed by atoms with E-state index in [4.69, 9.17) is 33.7 Å². The van der Waals surface area contributed by atoms with E-state index >= 15 is 0 Å². The summed E-state index contributed by atoms with van der Waals surface area (Å²) in [6, 6.07) is 24.7. The molecule has 3 aromatic heterocycles. The van der Waals surface area contributed by atoms with Gasteiger partial charge in [0.1, 0.15) is 11.8 Å². The van der Waals surface area contributed by atoms with Crippen LogP contribution < -0.4 is 20.7 Å². The van der Waals surface area contributed by atoms with E-state index in [1.54, 1.807) is 12.3 Å². The average molecular weight is 1060 g/mol. The Morgan fingerprint density at radius 2 is 1.46 bits per heavy atom. The van der Waals surface area contributed by atoms with Crippen LogP contribution in [0.25, 0.3) is 45.8 Å². The normalized spacial score (nSPS) is 15.1. The van der Waals surface area contributed by atoms with Gasteiger partial charge in [0.25, 0.3) is 11.8 Å². The SMILES string of the molecule is CCCOc1cc(NCCOCCOCCOCCOCCC(=O)Nc2cccc3c2C(=O)N(C2CCC(=O)NC2=O)C3=O)ccc1-c1ncc(-c2ncc(-c3cccnc3)cc2/C=C/c2ccc3c(c2)CCCC3)cc1C. The Balaban J connectivity index is 0.680. The van der Waals surface area contributed by atoms with E-state index in [9.17, 15) is 24.0 Å². The Bertz CT molecular complexity index is 3160. The van der Waals surface area contributed by atoms with E-state index in [1.165, 1.54) is 41.7 Å². The van der Waals surface area contributed by atoms with Gasteiger partial charge in [-0.25, -0.2) is 0 Å². The van der Waals surface area contributed by atoms with Gasteiger partial charge in [0.2, 0.25) is 17.7 Å². The molecule has 1 atom stereocenters. The van der Waals surface area contributed by atoms with Crippen molar-refractivity contribution in [3.05, 3.63) is 143 Å². The number of aryl methyl sites for hydroxylation is 3. The maximum atomic E-state index is 13.3. The molecule has 1 aliphatic carbocycles. The molecule has 3 aromatic carbocycles. The van der Waals surface area contributed by atoms with Gasteiger partial charge >= 0.3 is 0 Å². The third kappa shape index (κ3) is 13.8. The minimum Gasteiger partial charge on any atom is -0.493 e. The molecule has 17 nitrogen and oxygen atoms in total. The standard InChI is InChI=1S/C61H65N7O10/c1-3-24-78-53-36-48(17-18-49(53)57-40(2)33-47(39-64-57)58-44(35-46(38-65-58)45-10-7-22-62-37-45)16-14-41-13-15-42-8-4-5-9-43(42)34-41)63-23-26-75-28-30-77-32-31-76-29-27-74-25-21-55(70)66-51-12-6-11-50-56(51)61(73)68(60(50)72)52-19-20-54(69)67-59(52)71/h6-7,10-18,22,33-39,52,63H,3-5,8-9,19-21,23-32H2,1-2H3,(H,66,70)(H,67,69,71)/b16-14+. The number of rotatable bonds is 26. The number of piperidine rings is 1. The van der Waals surface area contributed by atoms with Crippen molar-refractivity contribution in [1.29, 1.82) is 0 Å². The molecule has 1 saturated heterocycles. The highest BCUT2D eigenvalue weighted by atomic mass is 16.6. The number of hydrogen-bond donors (Lipinski definition) is 3. The zero-order valence-electron chi connectivity index (χ0n) is 44.1. The second-order valence-electron chi connectivity index (χ2n) is 19.3. The number of nitrogens with one attached hydrogen (secondary N) is 3. The molecule has 3 N–H and O–H groups in total. The van der Waals surface area contributed by atoms with Crippen molar-refractivity contribution >= 4 is 53.1 Å². The molecule has 0 radical (unpaired) electrons. The number of carbonyl (C=O) groups excluding carboxylic acids is 5. The molecule has 0 spiro atoms. The number of imide groups is 2. The summed E-state index contributed by atoms with van der Waals surface area (Å²) in [5.41, 5.74) is 12.8. The zero-order valence-corrected chi connectivity index (χ0v) is 44.1. The molecular formula is C61H65N7O10. The van der Waals surface area contributed by atoms with Crippen LogP contribution in [-0.2, 0) is 46.2 Å². The lowest BCUT2D eigenvalue weighted by molar-refractivity contribution is -0.136. The highest BCUT2D eigenvalue weighted by Crippen LogP contribution is 2.37. The topological polar surface area (TPSA) is 209 Å². The first kappa shape index (κ1) is 54.8. The summed E-state index contributed by atoms with van der Waals surface area (Å²) in [6.45, 7) is 8.01. The number of carbonyl (C=O) groups is 5. The van der Waals surface area contributed by atoms with E-state index in [2.05, 4.69) is 77.3 Å². The summed E-state index contributed by atoms with van der Waals surface area (Å²) >= 11 is 0. The molecule has 404 valence electrons. The monoisotopic (exact) mass is 1060 g/mol. The summed E-state index contributed by atoms with van der Waals surface area (Å²) in [5.74, 6) is -2.18. The fourth-order valence-corrected chi connectivity index (χ4v) is 9.76. The Morgan fingerprint density at radius 3 is 2.22 bits per heavy atom. The van der Waals surface area contributed by atoms with Gasteiger partial charge in [0.05, 0.1) is 94.1 Å². The van der Waals surface area contributed by atoms with Gasteiger partial charge in [-0.3, -0.25) is 49.1 Å². The van der Waals surface area contributed by atoms with Crippen molar-refractivity contribution in [2.75, 3.05) is 76.6 Å². The second-order valence-corrected chi connectivity index (χ2v) is 19.3. The van der Waals surface area contributed by atoms with Crippen molar-refractivity contribution < 1.29 is 47.7 Å². The molecular weight excluding hydrogens is 991 g/mol. The zero-order chi connectivity index (χ0) is 54.2. The molecule has 1 unspecified atom stereocenters. The van der Waals surface area contributed by atoms with Crippen LogP contribution in [-0.4, -0.2) is 121 Å². The largest absolute Gasteiger partial charge is 0.493 e. The van der Waals surface area contributed by atoms with E-state index in [1.807, 2.05) is 48.9 Å². The van der Waals surface area contributed by atoms with Crippen LogP contribution >= 0.6 is 0 Å². The molecule has 9 rings (SSSR count). The Kier molecular flexibility index (Phi) is 18.9. The fourth-order valence-electron chi connectivity index (χ4n) is 9.76. The lowest BCUT2D eigenvalue weighted by atomic mass is 9.90. The summed E-state index contributed by atoms with van der Waals surface area (Å²) in [6.07, 6.45) is 17.5. The van der Waals surface area contributed by atoms with Crippen molar-refractivity contribution in [2.24, 2.45) is 0 Å². The van der Waals surface area contributed by atoms with Crippen LogP contribution in [0.15, 0.2) is 104 Å². The third-order valence-electron chi connectivity index (χ3n) is 13.7. The quantitative estimate of drug-likeness (QED) is 0.0342. The smallest absolute Gasteiger partial charge is 0.264 e. The van der Waals surface area contributed by atoms with Gasteiger partial charge in [-0.15, -0.1) is 0 Å². The van der Waals surface area contributed by atoms with Crippen molar-refractivity contribution in [3.8, 4) is 39.4 Å². The fraction of sp³-hybridized carbons (Fsp3) is 0.344. The summed E-state index contributed by atoms with van der Waals surface area (Å²) in [4.78, 5) is 78.4. The summed E-state index contributed by atoms with van der Waals surface area (Å²) < 4.78 is 28.9. The Hall–Kier alpha value is -7.96. The Labute approximate surface area is 454 Å². The highest BCUT2D eigenvalue weighted by Gasteiger charge is 2.45.